The highest BCUT2D eigenvalue weighted by atomic mass is 79.9. The molecule has 1 aliphatic rings. The van der Waals surface area contributed by atoms with E-state index < -0.39 is 5.97 Å². The Morgan fingerprint density at radius 1 is 1.53 bits per heavy atom. The van der Waals surface area contributed by atoms with Crippen LogP contribution in [0.1, 0.15) is 23.8 Å². The number of hydrogen-bond acceptors (Lipinski definition) is 3. The number of alkyl halides is 1. The van der Waals surface area contributed by atoms with Gasteiger partial charge < -0.3 is 14.6 Å². The van der Waals surface area contributed by atoms with E-state index in [-0.39, 0.29) is 18.6 Å². The minimum Gasteiger partial charge on any atom is -0.481 e. The smallest absolute Gasteiger partial charge is 0.303 e. The van der Waals surface area contributed by atoms with Crippen molar-refractivity contribution < 1.29 is 19.4 Å². The van der Waals surface area contributed by atoms with Crippen molar-refractivity contribution in [1.82, 2.24) is 0 Å². The molecule has 0 amide bonds. The van der Waals surface area contributed by atoms with Crippen LogP contribution in [0, 0.1) is 0 Å². The molecule has 2 rings (SSSR count). The van der Waals surface area contributed by atoms with Gasteiger partial charge in [0, 0.05) is 6.42 Å². The molecule has 0 aromatic heterocycles. The first kappa shape index (κ1) is 12.5. The van der Waals surface area contributed by atoms with Crippen LogP contribution >= 0.6 is 27.5 Å². The molecule has 0 saturated heterocycles. The maximum atomic E-state index is 10.5. The van der Waals surface area contributed by atoms with Crippen LogP contribution in [0.15, 0.2) is 16.6 Å². The highest BCUT2D eigenvalue weighted by Gasteiger charge is 2.20. The van der Waals surface area contributed by atoms with Crippen LogP contribution in [0.3, 0.4) is 0 Å². The van der Waals surface area contributed by atoms with Crippen LogP contribution in [0.25, 0.3) is 0 Å². The Morgan fingerprint density at radius 3 is 3.00 bits per heavy atom. The number of carboxylic acid groups (broad SMARTS) is 1. The van der Waals surface area contributed by atoms with E-state index in [0.29, 0.717) is 17.9 Å². The second-order valence-corrected chi connectivity index (χ2v) is 5.02. The van der Waals surface area contributed by atoms with Crippen molar-refractivity contribution >= 4 is 33.5 Å². The summed E-state index contributed by atoms with van der Waals surface area (Å²) in [7, 11) is 0. The molecule has 0 radical (unpaired) electrons. The van der Waals surface area contributed by atoms with Gasteiger partial charge in [0.15, 0.2) is 11.5 Å². The van der Waals surface area contributed by atoms with Gasteiger partial charge in [-0.25, -0.2) is 0 Å². The Balaban J connectivity index is 2.16. The van der Waals surface area contributed by atoms with Crippen molar-refractivity contribution in [3.8, 4) is 11.5 Å². The summed E-state index contributed by atoms with van der Waals surface area (Å²) in [5.41, 5.74) is 0.823. The molecule has 0 fully saturated rings. The molecule has 4 nitrogen and oxygen atoms in total. The molecule has 1 N–H and O–H groups in total. The monoisotopic (exact) mass is 320 g/mol. The van der Waals surface area contributed by atoms with E-state index in [2.05, 4.69) is 15.9 Å². The lowest BCUT2D eigenvalue weighted by molar-refractivity contribution is -0.137. The van der Waals surface area contributed by atoms with Crippen LogP contribution in [0.4, 0.5) is 0 Å². The van der Waals surface area contributed by atoms with Crippen molar-refractivity contribution in [2.75, 3.05) is 6.79 Å². The van der Waals surface area contributed by atoms with Gasteiger partial charge in [0.05, 0.1) is 9.85 Å². The molecule has 0 spiro atoms. The second kappa shape index (κ2) is 5.14. The van der Waals surface area contributed by atoms with E-state index in [1.54, 1.807) is 6.07 Å². The first-order valence-electron chi connectivity index (χ1n) is 5.03. The fraction of sp³-hybridized carbons (Fsp3) is 0.364. The fourth-order valence-corrected chi connectivity index (χ4v) is 2.39. The first-order chi connectivity index (χ1) is 8.08. The minimum absolute atomic E-state index is 0.0419. The van der Waals surface area contributed by atoms with Gasteiger partial charge >= 0.3 is 5.97 Å². The number of carboxylic acids is 1. The van der Waals surface area contributed by atoms with Crippen LogP contribution < -0.4 is 9.47 Å². The maximum absolute atomic E-state index is 10.5. The summed E-state index contributed by atoms with van der Waals surface area (Å²) in [5, 5.41) is 8.26. The van der Waals surface area contributed by atoms with E-state index in [9.17, 15) is 4.79 Å². The number of carbonyl (C=O) groups is 1. The Bertz CT molecular complexity index is 449. The normalized spacial score (nSPS) is 14.7. The number of halogens is 2. The minimum atomic E-state index is -0.851. The van der Waals surface area contributed by atoms with Crippen LogP contribution in [0.2, 0.25) is 0 Å². The molecule has 92 valence electrons. The predicted octanol–water partition coefficient (Wildman–Crippen LogP) is 3.32. The summed E-state index contributed by atoms with van der Waals surface area (Å²) in [5.74, 6) is 0.446. The number of hydrogen-bond donors (Lipinski definition) is 1. The van der Waals surface area contributed by atoms with Gasteiger partial charge in [0.1, 0.15) is 0 Å². The molecule has 0 aliphatic carbocycles. The number of rotatable bonds is 4. The van der Waals surface area contributed by atoms with Gasteiger partial charge in [-0.15, -0.1) is 11.6 Å². The molecule has 1 heterocycles. The second-order valence-electron chi connectivity index (χ2n) is 3.64. The highest BCUT2D eigenvalue weighted by molar-refractivity contribution is 9.10. The maximum Gasteiger partial charge on any atom is 0.303 e. The van der Waals surface area contributed by atoms with Gasteiger partial charge in [0.25, 0.3) is 0 Å². The average molecular weight is 322 g/mol. The number of fused-ring (bicyclic) bond motifs is 1. The number of ether oxygens (including phenoxy) is 2. The van der Waals surface area contributed by atoms with E-state index in [1.807, 2.05) is 6.07 Å². The molecule has 1 unspecified atom stereocenters. The topological polar surface area (TPSA) is 55.8 Å². The third-order valence-corrected chi connectivity index (χ3v) is 3.48. The van der Waals surface area contributed by atoms with Gasteiger partial charge in [0.2, 0.25) is 6.79 Å². The van der Waals surface area contributed by atoms with Crippen molar-refractivity contribution in [1.29, 1.82) is 0 Å². The molecule has 1 atom stereocenters. The summed E-state index contributed by atoms with van der Waals surface area (Å²) in [6.07, 6.45) is 0.420. The van der Waals surface area contributed by atoms with Gasteiger partial charge in [-0.2, -0.15) is 0 Å². The predicted molar refractivity (Wildman–Crippen MR) is 65.7 cm³/mol. The Morgan fingerprint density at radius 2 is 2.29 bits per heavy atom. The summed E-state index contributed by atoms with van der Waals surface area (Å²) in [6.45, 7) is 0.194. The highest BCUT2D eigenvalue weighted by Crippen LogP contribution is 2.42. The van der Waals surface area contributed by atoms with E-state index in [1.165, 1.54) is 0 Å². The van der Waals surface area contributed by atoms with Crippen molar-refractivity contribution in [3.05, 3.63) is 22.2 Å². The zero-order valence-electron chi connectivity index (χ0n) is 8.78. The lowest BCUT2D eigenvalue weighted by Crippen LogP contribution is -1.98. The number of benzene rings is 1. The summed E-state index contributed by atoms with van der Waals surface area (Å²) in [6, 6.07) is 3.61. The van der Waals surface area contributed by atoms with Gasteiger partial charge in [-0.05, 0) is 40.0 Å². The average Bonchev–Trinajstić information content (AvgIpc) is 2.74. The fourth-order valence-electron chi connectivity index (χ4n) is 1.59. The molecule has 17 heavy (non-hydrogen) atoms. The molecular formula is C11H10BrClO4. The van der Waals surface area contributed by atoms with Gasteiger partial charge in [-0.1, -0.05) is 0 Å². The zero-order chi connectivity index (χ0) is 12.4. The summed E-state index contributed by atoms with van der Waals surface area (Å²) in [4.78, 5) is 10.5. The molecule has 1 aromatic rings. The standard InChI is InChI=1S/C11H10BrClO4/c12-7-3-6(8(13)1-2-10(14)15)4-9-11(7)17-5-16-9/h3-4,8H,1-2,5H2,(H,14,15). The Labute approximate surface area is 112 Å². The largest absolute Gasteiger partial charge is 0.481 e. The molecule has 1 aliphatic heterocycles. The lowest BCUT2D eigenvalue weighted by Gasteiger charge is -2.10. The van der Waals surface area contributed by atoms with E-state index >= 15 is 0 Å². The Hall–Kier alpha value is -0.940. The third kappa shape index (κ3) is 2.84. The van der Waals surface area contributed by atoms with Crippen molar-refractivity contribution in [2.24, 2.45) is 0 Å². The van der Waals surface area contributed by atoms with E-state index in [0.717, 1.165) is 10.0 Å². The molecule has 1 aromatic carbocycles. The summed E-state index contributed by atoms with van der Waals surface area (Å²) < 4.78 is 11.3. The Kier molecular flexibility index (Phi) is 3.79. The van der Waals surface area contributed by atoms with Crippen LogP contribution in [-0.4, -0.2) is 17.9 Å². The number of aliphatic carboxylic acids is 1. The van der Waals surface area contributed by atoms with E-state index in [4.69, 9.17) is 26.2 Å². The molecule has 0 bridgehead atoms. The SMILES string of the molecule is O=C(O)CCC(Cl)c1cc(Br)c2c(c1)OCO2. The molecular weight excluding hydrogens is 311 g/mol. The van der Waals surface area contributed by atoms with Crippen molar-refractivity contribution in [3.63, 3.8) is 0 Å². The third-order valence-electron chi connectivity index (χ3n) is 2.42. The zero-order valence-corrected chi connectivity index (χ0v) is 11.1. The lowest BCUT2D eigenvalue weighted by atomic mass is 10.1. The summed E-state index contributed by atoms with van der Waals surface area (Å²) >= 11 is 9.51. The first-order valence-corrected chi connectivity index (χ1v) is 6.26. The van der Waals surface area contributed by atoms with Gasteiger partial charge in [-0.3, -0.25) is 4.79 Å². The van der Waals surface area contributed by atoms with Crippen LogP contribution in [-0.2, 0) is 4.79 Å². The van der Waals surface area contributed by atoms with Crippen molar-refractivity contribution in [2.45, 2.75) is 18.2 Å². The molecule has 6 heteroatoms. The quantitative estimate of drug-likeness (QED) is 0.864. The van der Waals surface area contributed by atoms with Crippen LogP contribution in [0.5, 0.6) is 11.5 Å². The molecule has 0 saturated carbocycles.